The van der Waals surface area contributed by atoms with Crippen LogP contribution in [0.3, 0.4) is 0 Å². The summed E-state index contributed by atoms with van der Waals surface area (Å²) in [5.41, 5.74) is 1.06. The highest BCUT2D eigenvalue weighted by molar-refractivity contribution is 9.10. The fourth-order valence-corrected chi connectivity index (χ4v) is 2.95. The van der Waals surface area contributed by atoms with E-state index in [4.69, 9.17) is 11.6 Å². The molecule has 0 aliphatic rings. The zero-order chi connectivity index (χ0) is 17.1. The Kier molecular flexibility index (Phi) is 5.37. The summed E-state index contributed by atoms with van der Waals surface area (Å²) < 4.78 is 4.82. The average molecular weight is 474 g/mol. The van der Waals surface area contributed by atoms with E-state index in [-0.39, 0.29) is 12.5 Å². The molecule has 0 atom stereocenters. The molecule has 1 amide bonds. The molecule has 2 aromatic heterocycles. The molecule has 0 radical (unpaired) electrons. The number of nitrogens with one attached hydrogen (secondary N) is 1. The highest BCUT2D eigenvalue weighted by Crippen LogP contribution is 2.21. The van der Waals surface area contributed by atoms with Gasteiger partial charge in [0.25, 0.3) is 0 Å². The van der Waals surface area contributed by atoms with Crippen LogP contribution in [0.15, 0.2) is 51.8 Å². The summed E-state index contributed by atoms with van der Waals surface area (Å²) in [5, 5.41) is 11.9. The van der Waals surface area contributed by atoms with E-state index < -0.39 is 0 Å². The van der Waals surface area contributed by atoms with Crippen molar-refractivity contribution in [3.63, 3.8) is 0 Å². The molecular weight excluding hydrogens is 461 g/mol. The second-order valence-electron chi connectivity index (χ2n) is 5.05. The lowest BCUT2D eigenvalue weighted by Gasteiger charge is -2.04. The molecule has 0 unspecified atom stereocenters. The Morgan fingerprint density at radius 2 is 1.92 bits per heavy atom. The van der Waals surface area contributed by atoms with E-state index in [2.05, 4.69) is 47.4 Å². The second-order valence-corrected chi connectivity index (χ2v) is 7.26. The number of hydrogen-bond donors (Lipinski definition) is 1. The number of rotatable bonds is 5. The number of benzene rings is 1. The number of anilines is 1. The van der Waals surface area contributed by atoms with E-state index in [0.29, 0.717) is 21.9 Å². The van der Waals surface area contributed by atoms with Gasteiger partial charge in [-0.2, -0.15) is 10.2 Å². The minimum Gasteiger partial charge on any atom is -0.307 e. The van der Waals surface area contributed by atoms with Crippen LogP contribution in [0.25, 0.3) is 0 Å². The van der Waals surface area contributed by atoms with Gasteiger partial charge in [0.15, 0.2) is 5.82 Å². The fourth-order valence-electron chi connectivity index (χ4n) is 2.08. The van der Waals surface area contributed by atoms with Gasteiger partial charge in [-0.3, -0.25) is 14.2 Å². The third-order valence-corrected chi connectivity index (χ3v) is 4.38. The SMILES string of the molecule is O=C(Cn1cc(Br)cn1)Nc1nn(Cc2ccc(Cl)cc2)cc1Br. The minimum atomic E-state index is -0.206. The monoisotopic (exact) mass is 471 g/mol. The maximum absolute atomic E-state index is 12.1. The molecule has 1 N–H and O–H groups in total. The van der Waals surface area contributed by atoms with E-state index in [9.17, 15) is 4.79 Å². The van der Waals surface area contributed by atoms with E-state index in [1.165, 1.54) is 4.68 Å². The van der Waals surface area contributed by atoms with Crippen molar-refractivity contribution in [3.05, 3.63) is 62.4 Å². The number of aromatic nitrogens is 4. The molecule has 0 saturated carbocycles. The Balaban J connectivity index is 1.65. The Hall–Kier alpha value is -1.64. The van der Waals surface area contributed by atoms with Crippen LogP contribution in [0.5, 0.6) is 0 Å². The van der Waals surface area contributed by atoms with Crippen molar-refractivity contribution in [3.8, 4) is 0 Å². The average Bonchev–Trinajstić information content (AvgIpc) is 3.08. The van der Waals surface area contributed by atoms with Crippen molar-refractivity contribution in [2.45, 2.75) is 13.1 Å². The molecule has 0 aliphatic carbocycles. The summed E-state index contributed by atoms with van der Waals surface area (Å²) in [6.45, 7) is 0.694. The summed E-state index contributed by atoms with van der Waals surface area (Å²) in [6.07, 6.45) is 5.17. The number of carbonyl (C=O) groups is 1. The van der Waals surface area contributed by atoms with Gasteiger partial charge in [0.2, 0.25) is 5.91 Å². The number of amides is 1. The molecule has 0 saturated heterocycles. The Labute approximate surface area is 160 Å². The first-order chi connectivity index (χ1) is 11.5. The second kappa shape index (κ2) is 7.50. The van der Waals surface area contributed by atoms with Gasteiger partial charge in [-0.25, -0.2) is 0 Å². The highest BCUT2D eigenvalue weighted by Gasteiger charge is 2.11. The molecule has 124 valence electrons. The molecule has 0 spiro atoms. The van der Waals surface area contributed by atoms with Crippen molar-refractivity contribution < 1.29 is 4.79 Å². The molecule has 0 fully saturated rings. The molecule has 0 bridgehead atoms. The van der Waals surface area contributed by atoms with Crippen LogP contribution in [0.1, 0.15) is 5.56 Å². The van der Waals surface area contributed by atoms with Crippen LogP contribution in [-0.4, -0.2) is 25.5 Å². The molecule has 0 aliphatic heterocycles. The Bertz CT molecular complexity index is 859. The molecule has 2 heterocycles. The van der Waals surface area contributed by atoms with E-state index in [0.717, 1.165) is 10.0 Å². The van der Waals surface area contributed by atoms with Crippen molar-refractivity contribution in [1.82, 2.24) is 19.6 Å². The molecular formula is C15H12Br2ClN5O. The Morgan fingerprint density at radius 3 is 2.58 bits per heavy atom. The van der Waals surface area contributed by atoms with Gasteiger partial charge in [-0.1, -0.05) is 23.7 Å². The minimum absolute atomic E-state index is 0.113. The molecule has 3 rings (SSSR count). The van der Waals surface area contributed by atoms with Crippen molar-refractivity contribution in [2.24, 2.45) is 0 Å². The van der Waals surface area contributed by atoms with Gasteiger partial charge in [0.1, 0.15) is 6.54 Å². The van der Waals surface area contributed by atoms with Crippen molar-refractivity contribution >= 4 is 55.2 Å². The van der Waals surface area contributed by atoms with Gasteiger partial charge in [0, 0.05) is 17.4 Å². The van der Waals surface area contributed by atoms with Crippen LogP contribution in [-0.2, 0) is 17.9 Å². The zero-order valence-corrected chi connectivity index (χ0v) is 16.2. The standard InChI is InChI=1S/C15H12Br2ClN5O/c16-11-5-19-22(7-11)9-14(24)20-15-13(17)8-23(21-15)6-10-1-3-12(18)4-2-10/h1-5,7-8H,6,9H2,(H,20,21,24). The lowest BCUT2D eigenvalue weighted by atomic mass is 10.2. The maximum Gasteiger partial charge on any atom is 0.247 e. The zero-order valence-electron chi connectivity index (χ0n) is 12.3. The van der Waals surface area contributed by atoms with Gasteiger partial charge in [-0.15, -0.1) is 0 Å². The van der Waals surface area contributed by atoms with E-state index >= 15 is 0 Å². The summed E-state index contributed by atoms with van der Waals surface area (Å²) >= 11 is 12.6. The lowest BCUT2D eigenvalue weighted by molar-refractivity contribution is -0.116. The first-order valence-corrected chi connectivity index (χ1v) is 8.91. The number of carbonyl (C=O) groups excluding carboxylic acids is 1. The molecule has 9 heteroatoms. The first-order valence-electron chi connectivity index (χ1n) is 6.95. The summed E-state index contributed by atoms with van der Waals surface area (Å²) in [4.78, 5) is 12.1. The summed E-state index contributed by atoms with van der Waals surface area (Å²) in [6, 6.07) is 7.54. The fraction of sp³-hybridized carbons (Fsp3) is 0.133. The van der Waals surface area contributed by atoms with Crippen LogP contribution in [0.2, 0.25) is 5.02 Å². The number of hydrogen-bond acceptors (Lipinski definition) is 3. The predicted molar refractivity (Wildman–Crippen MR) is 99.0 cm³/mol. The van der Waals surface area contributed by atoms with Crippen molar-refractivity contribution in [2.75, 3.05) is 5.32 Å². The maximum atomic E-state index is 12.1. The van der Waals surface area contributed by atoms with Gasteiger partial charge in [0.05, 0.1) is 21.7 Å². The molecule has 3 aromatic rings. The van der Waals surface area contributed by atoms with Crippen LogP contribution >= 0.6 is 43.5 Å². The number of nitrogens with zero attached hydrogens (tertiary/aromatic N) is 4. The van der Waals surface area contributed by atoms with Gasteiger partial charge < -0.3 is 5.32 Å². The quantitative estimate of drug-likeness (QED) is 0.611. The number of halogens is 3. The normalized spacial score (nSPS) is 10.8. The van der Waals surface area contributed by atoms with Crippen LogP contribution in [0.4, 0.5) is 5.82 Å². The highest BCUT2D eigenvalue weighted by atomic mass is 79.9. The Morgan fingerprint density at radius 1 is 1.17 bits per heavy atom. The third kappa shape index (κ3) is 4.46. The van der Waals surface area contributed by atoms with Crippen LogP contribution < -0.4 is 5.32 Å². The van der Waals surface area contributed by atoms with E-state index in [1.54, 1.807) is 17.1 Å². The molecule has 6 nitrogen and oxygen atoms in total. The topological polar surface area (TPSA) is 64.7 Å². The lowest BCUT2D eigenvalue weighted by Crippen LogP contribution is -2.19. The summed E-state index contributed by atoms with van der Waals surface area (Å²) in [7, 11) is 0. The first kappa shape index (κ1) is 17.2. The van der Waals surface area contributed by atoms with Crippen LogP contribution in [0, 0.1) is 0 Å². The molecule has 24 heavy (non-hydrogen) atoms. The summed E-state index contributed by atoms with van der Waals surface area (Å²) in [5.74, 6) is 0.267. The van der Waals surface area contributed by atoms with Gasteiger partial charge in [-0.05, 0) is 49.6 Å². The third-order valence-electron chi connectivity index (χ3n) is 3.14. The van der Waals surface area contributed by atoms with Gasteiger partial charge >= 0.3 is 0 Å². The predicted octanol–water partition coefficient (Wildman–Crippen LogP) is 3.95. The molecule has 1 aromatic carbocycles. The largest absolute Gasteiger partial charge is 0.307 e. The van der Waals surface area contributed by atoms with Crippen molar-refractivity contribution in [1.29, 1.82) is 0 Å². The van der Waals surface area contributed by atoms with E-state index in [1.807, 2.05) is 30.5 Å². The smallest absolute Gasteiger partial charge is 0.247 e.